The summed E-state index contributed by atoms with van der Waals surface area (Å²) >= 11 is 12.4. The highest BCUT2D eigenvalue weighted by atomic mass is 35.5. The van der Waals surface area contributed by atoms with Crippen LogP contribution in [0.4, 0.5) is 5.00 Å². The molecule has 126 valence electrons. The Balaban J connectivity index is 1.76. The van der Waals surface area contributed by atoms with Crippen LogP contribution in [0.15, 0.2) is 65.3 Å². The Bertz CT molecular complexity index is 893. The molecular formula is C18H15ClN4S2. The molecule has 2 aromatic heterocycles. The van der Waals surface area contributed by atoms with Crippen LogP contribution in [0.3, 0.4) is 0 Å². The minimum absolute atomic E-state index is 0.227. The van der Waals surface area contributed by atoms with Crippen LogP contribution in [0, 0.1) is 0 Å². The van der Waals surface area contributed by atoms with Gasteiger partial charge < -0.3 is 5.32 Å². The van der Waals surface area contributed by atoms with Gasteiger partial charge in [-0.25, -0.2) is 0 Å². The van der Waals surface area contributed by atoms with Crippen LogP contribution in [0.2, 0.25) is 5.02 Å². The predicted molar refractivity (Wildman–Crippen MR) is 108 cm³/mol. The highest BCUT2D eigenvalue weighted by Crippen LogP contribution is 2.32. The fourth-order valence-electron chi connectivity index (χ4n) is 2.65. The molecule has 0 radical (unpaired) electrons. The lowest BCUT2D eigenvalue weighted by atomic mass is 10.0. The van der Waals surface area contributed by atoms with Crippen molar-refractivity contribution in [2.24, 2.45) is 5.10 Å². The summed E-state index contributed by atoms with van der Waals surface area (Å²) in [6.45, 7) is 0.635. The number of nitrogens with zero attached hydrogens (tertiary/aromatic N) is 3. The van der Waals surface area contributed by atoms with E-state index in [1.54, 1.807) is 23.7 Å². The topological polar surface area (TPSA) is 40.5 Å². The van der Waals surface area contributed by atoms with Crippen molar-refractivity contribution in [2.45, 2.75) is 12.0 Å². The van der Waals surface area contributed by atoms with Crippen LogP contribution in [-0.4, -0.2) is 21.2 Å². The fourth-order valence-corrected chi connectivity index (χ4v) is 3.94. The molecule has 1 atom stereocenters. The molecule has 0 spiro atoms. The van der Waals surface area contributed by atoms with Crippen LogP contribution in [0.25, 0.3) is 0 Å². The molecule has 0 aliphatic carbocycles. The van der Waals surface area contributed by atoms with Gasteiger partial charge in [-0.1, -0.05) is 23.7 Å². The molecule has 4 rings (SSSR count). The minimum atomic E-state index is -0.227. The summed E-state index contributed by atoms with van der Waals surface area (Å²) in [6, 6.07) is 13.8. The highest BCUT2D eigenvalue weighted by molar-refractivity contribution is 7.81. The van der Waals surface area contributed by atoms with Crippen molar-refractivity contribution in [2.75, 3.05) is 5.32 Å². The molecule has 3 heterocycles. The molecule has 1 N–H and O–H groups in total. The quantitative estimate of drug-likeness (QED) is 0.641. The summed E-state index contributed by atoms with van der Waals surface area (Å²) < 4.78 is 0. The second-order valence-electron chi connectivity index (χ2n) is 5.59. The SMILES string of the molecule is SC1Nc2sccc2C(c2ccc(Cl)cc2)=NN1Cc1ccncc1. The summed E-state index contributed by atoms with van der Waals surface area (Å²) in [6.07, 6.45) is 3.57. The van der Waals surface area contributed by atoms with Gasteiger partial charge >= 0.3 is 0 Å². The Labute approximate surface area is 160 Å². The number of pyridine rings is 1. The normalized spacial score (nSPS) is 16.6. The van der Waals surface area contributed by atoms with Gasteiger partial charge in [-0.15, -0.1) is 24.0 Å². The molecule has 1 aromatic carbocycles. The van der Waals surface area contributed by atoms with Crippen molar-refractivity contribution in [1.29, 1.82) is 0 Å². The number of hydrogen-bond donors (Lipinski definition) is 2. The van der Waals surface area contributed by atoms with Crippen LogP contribution in [-0.2, 0) is 6.54 Å². The number of nitrogens with one attached hydrogen (secondary N) is 1. The zero-order valence-electron chi connectivity index (χ0n) is 13.1. The lowest BCUT2D eigenvalue weighted by Gasteiger charge is -2.25. The molecule has 0 bridgehead atoms. The molecule has 7 heteroatoms. The number of rotatable bonds is 3. The van der Waals surface area contributed by atoms with Crippen LogP contribution >= 0.6 is 35.6 Å². The maximum absolute atomic E-state index is 6.04. The molecule has 3 aromatic rings. The number of fused-ring (bicyclic) bond motifs is 1. The van der Waals surface area contributed by atoms with Gasteiger partial charge in [0.05, 0.1) is 6.54 Å². The number of aromatic nitrogens is 1. The zero-order valence-corrected chi connectivity index (χ0v) is 15.6. The number of benzene rings is 1. The van der Waals surface area contributed by atoms with E-state index in [4.69, 9.17) is 29.3 Å². The van der Waals surface area contributed by atoms with E-state index in [0.717, 1.165) is 27.4 Å². The minimum Gasteiger partial charge on any atom is -0.347 e. The summed E-state index contributed by atoms with van der Waals surface area (Å²) in [7, 11) is 0. The van der Waals surface area contributed by atoms with Gasteiger partial charge in [0.1, 0.15) is 10.7 Å². The summed E-state index contributed by atoms with van der Waals surface area (Å²) in [4.78, 5) is 4.07. The average Bonchev–Trinajstić information content (AvgIpc) is 3.03. The fraction of sp³-hybridized carbons (Fsp3) is 0.111. The molecule has 0 fully saturated rings. The smallest absolute Gasteiger partial charge is 0.162 e. The zero-order chi connectivity index (χ0) is 17.2. The number of hydrazone groups is 1. The van der Waals surface area contributed by atoms with Gasteiger partial charge in [0.25, 0.3) is 0 Å². The van der Waals surface area contributed by atoms with Gasteiger partial charge in [0.15, 0.2) is 5.50 Å². The lowest BCUT2D eigenvalue weighted by Crippen LogP contribution is -2.31. The largest absolute Gasteiger partial charge is 0.347 e. The van der Waals surface area contributed by atoms with E-state index in [0.29, 0.717) is 11.6 Å². The maximum atomic E-state index is 6.04. The molecule has 1 unspecified atom stereocenters. The van der Waals surface area contributed by atoms with E-state index in [1.807, 2.05) is 41.4 Å². The maximum Gasteiger partial charge on any atom is 0.162 e. The highest BCUT2D eigenvalue weighted by Gasteiger charge is 2.24. The molecular weight excluding hydrogens is 372 g/mol. The first-order valence-corrected chi connectivity index (χ1v) is 9.51. The molecule has 0 amide bonds. The third-order valence-electron chi connectivity index (χ3n) is 3.90. The Morgan fingerprint density at radius 2 is 1.88 bits per heavy atom. The molecule has 4 nitrogen and oxygen atoms in total. The lowest BCUT2D eigenvalue weighted by molar-refractivity contribution is 0.281. The van der Waals surface area contributed by atoms with Crippen molar-refractivity contribution < 1.29 is 0 Å². The first kappa shape index (κ1) is 16.4. The number of hydrogen-bond acceptors (Lipinski definition) is 6. The Hall–Kier alpha value is -2.02. The number of anilines is 1. The molecule has 0 saturated carbocycles. The second kappa shape index (κ2) is 7.07. The summed E-state index contributed by atoms with van der Waals surface area (Å²) in [5.74, 6) is 0. The predicted octanol–water partition coefficient (Wildman–Crippen LogP) is 4.69. The third kappa shape index (κ3) is 3.51. The van der Waals surface area contributed by atoms with E-state index >= 15 is 0 Å². The summed E-state index contributed by atoms with van der Waals surface area (Å²) in [5, 5.41) is 14.1. The van der Waals surface area contributed by atoms with E-state index in [9.17, 15) is 0 Å². The first-order chi connectivity index (χ1) is 12.2. The van der Waals surface area contributed by atoms with Gasteiger partial charge in [-0.2, -0.15) is 5.10 Å². The third-order valence-corrected chi connectivity index (χ3v) is 5.40. The van der Waals surface area contributed by atoms with Crippen molar-refractivity contribution in [1.82, 2.24) is 9.99 Å². The average molecular weight is 387 g/mol. The monoisotopic (exact) mass is 386 g/mol. The van der Waals surface area contributed by atoms with E-state index in [1.165, 1.54) is 0 Å². The molecule has 1 aliphatic rings. The number of halogens is 1. The van der Waals surface area contributed by atoms with Crippen LogP contribution in [0.1, 0.15) is 16.7 Å². The van der Waals surface area contributed by atoms with Crippen molar-refractivity contribution in [3.8, 4) is 0 Å². The van der Waals surface area contributed by atoms with Crippen molar-refractivity contribution in [3.63, 3.8) is 0 Å². The second-order valence-corrected chi connectivity index (χ2v) is 7.43. The van der Waals surface area contributed by atoms with Crippen LogP contribution < -0.4 is 5.32 Å². The standard InChI is InChI=1S/C18H15ClN4S2/c19-14-3-1-13(2-4-14)16-15-7-10-25-17(15)21-18(24)23(22-16)11-12-5-8-20-9-6-12/h1-10,18,21,24H,11H2. The van der Waals surface area contributed by atoms with Gasteiger partial charge in [0.2, 0.25) is 0 Å². The van der Waals surface area contributed by atoms with Crippen LogP contribution in [0.5, 0.6) is 0 Å². The Morgan fingerprint density at radius 3 is 2.64 bits per heavy atom. The van der Waals surface area contributed by atoms with Crippen molar-refractivity contribution >= 4 is 46.3 Å². The van der Waals surface area contributed by atoms with Gasteiger partial charge in [-0.05, 0) is 41.3 Å². The number of thiol groups is 1. The number of thiophene rings is 1. The van der Waals surface area contributed by atoms with Gasteiger partial charge in [0, 0.05) is 28.5 Å². The summed E-state index contributed by atoms with van der Waals surface area (Å²) in [5.41, 5.74) is 3.90. The van der Waals surface area contributed by atoms with E-state index in [2.05, 4.69) is 21.7 Å². The molecule has 1 aliphatic heterocycles. The van der Waals surface area contributed by atoms with Gasteiger partial charge in [-0.3, -0.25) is 9.99 Å². The van der Waals surface area contributed by atoms with Crippen molar-refractivity contribution in [3.05, 3.63) is 82.0 Å². The Kier molecular flexibility index (Phi) is 4.65. The molecule has 0 saturated heterocycles. The molecule has 25 heavy (non-hydrogen) atoms. The first-order valence-electron chi connectivity index (χ1n) is 7.73. The Morgan fingerprint density at radius 1 is 1.12 bits per heavy atom. The van der Waals surface area contributed by atoms with E-state index in [-0.39, 0.29) is 5.50 Å². The van der Waals surface area contributed by atoms with E-state index < -0.39 is 0 Å².